The number of carboxylic acids is 1. The molecule has 0 bridgehead atoms. The molecule has 1 aliphatic rings. The standard InChI is InChI=1S/C17H14ClFN2O5S/c18-13-2-1-3-14(16(13)19)20-27(25,26)12-6-4-11(5-7-12)21-9-10(17(23)24)8-15(21)22/h1-7,10,20H,8-9H2,(H,23,24)/t10-/m1/s1. The number of hydrogen-bond acceptors (Lipinski definition) is 4. The molecule has 0 spiro atoms. The molecule has 27 heavy (non-hydrogen) atoms. The number of anilines is 2. The van der Waals surface area contributed by atoms with Gasteiger partial charge in [-0.15, -0.1) is 0 Å². The zero-order valence-corrected chi connectivity index (χ0v) is 15.3. The highest BCUT2D eigenvalue weighted by atomic mass is 35.5. The average Bonchev–Trinajstić information content (AvgIpc) is 3.01. The number of aliphatic carboxylic acids is 1. The smallest absolute Gasteiger partial charge is 0.308 e. The van der Waals surface area contributed by atoms with Crippen molar-refractivity contribution < 1.29 is 27.5 Å². The van der Waals surface area contributed by atoms with Crippen LogP contribution in [0.2, 0.25) is 5.02 Å². The van der Waals surface area contributed by atoms with Crippen molar-refractivity contribution in [2.24, 2.45) is 5.92 Å². The van der Waals surface area contributed by atoms with Crippen LogP contribution in [0.25, 0.3) is 0 Å². The largest absolute Gasteiger partial charge is 0.481 e. The van der Waals surface area contributed by atoms with Crippen LogP contribution in [0.1, 0.15) is 6.42 Å². The Kier molecular flexibility index (Phi) is 5.07. The maximum Gasteiger partial charge on any atom is 0.308 e. The lowest BCUT2D eigenvalue weighted by molar-refractivity contribution is -0.141. The van der Waals surface area contributed by atoms with Gasteiger partial charge in [0.2, 0.25) is 5.91 Å². The van der Waals surface area contributed by atoms with Crippen LogP contribution in [0.4, 0.5) is 15.8 Å². The third-order valence-electron chi connectivity index (χ3n) is 4.13. The fourth-order valence-corrected chi connectivity index (χ4v) is 3.95. The Morgan fingerprint density at radius 1 is 1.22 bits per heavy atom. The highest BCUT2D eigenvalue weighted by molar-refractivity contribution is 7.92. The number of carbonyl (C=O) groups is 2. The van der Waals surface area contributed by atoms with Crippen molar-refractivity contribution in [2.45, 2.75) is 11.3 Å². The van der Waals surface area contributed by atoms with Gasteiger partial charge in [0.25, 0.3) is 10.0 Å². The fourth-order valence-electron chi connectivity index (χ4n) is 2.71. The van der Waals surface area contributed by atoms with Crippen LogP contribution in [-0.2, 0) is 19.6 Å². The van der Waals surface area contributed by atoms with Crippen LogP contribution >= 0.6 is 11.6 Å². The van der Waals surface area contributed by atoms with E-state index < -0.39 is 27.7 Å². The first-order valence-electron chi connectivity index (χ1n) is 7.79. The Balaban J connectivity index is 1.81. The van der Waals surface area contributed by atoms with E-state index in [9.17, 15) is 22.4 Å². The monoisotopic (exact) mass is 412 g/mol. The van der Waals surface area contributed by atoms with Gasteiger partial charge in [-0.2, -0.15) is 0 Å². The predicted molar refractivity (Wildman–Crippen MR) is 96.8 cm³/mol. The molecule has 2 N–H and O–H groups in total. The molecule has 3 rings (SSSR count). The van der Waals surface area contributed by atoms with Crippen molar-refractivity contribution in [3.8, 4) is 0 Å². The summed E-state index contributed by atoms with van der Waals surface area (Å²) in [6, 6.07) is 9.23. The van der Waals surface area contributed by atoms with Gasteiger partial charge in [-0.3, -0.25) is 14.3 Å². The lowest BCUT2D eigenvalue weighted by Crippen LogP contribution is -2.25. The summed E-state index contributed by atoms with van der Waals surface area (Å²) in [6.07, 6.45) is -0.106. The van der Waals surface area contributed by atoms with E-state index in [1.165, 1.54) is 47.4 Å². The first-order valence-corrected chi connectivity index (χ1v) is 9.65. The first kappa shape index (κ1) is 19.1. The second-order valence-corrected chi connectivity index (χ2v) is 8.03. The van der Waals surface area contributed by atoms with Crippen molar-refractivity contribution in [1.82, 2.24) is 0 Å². The van der Waals surface area contributed by atoms with Crippen LogP contribution in [0.15, 0.2) is 47.4 Å². The van der Waals surface area contributed by atoms with Crippen LogP contribution in [-0.4, -0.2) is 31.9 Å². The summed E-state index contributed by atoms with van der Waals surface area (Å²) in [4.78, 5) is 24.1. The molecule has 1 amide bonds. The quantitative estimate of drug-likeness (QED) is 0.785. The average molecular weight is 413 g/mol. The molecule has 1 saturated heterocycles. The Morgan fingerprint density at radius 2 is 1.89 bits per heavy atom. The van der Waals surface area contributed by atoms with E-state index in [1.807, 2.05) is 0 Å². The number of nitrogens with one attached hydrogen (secondary N) is 1. The molecule has 0 saturated carbocycles. The third kappa shape index (κ3) is 3.88. The summed E-state index contributed by atoms with van der Waals surface area (Å²) in [6.45, 7) is 0.0201. The number of carbonyl (C=O) groups excluding carboxylic acids is 1. The molecule has 142 valence electrons. The van der Waals surface area contributed by atoms with Crippen molar-refractivity contribution in [3.63, 3.8) is 0 Å². The maximum absolute atomic E-state index is 13.9. The summed E-state index contributed by atoms with van der Waals surface area (Å²) in [7, 11) is -4.08. The molecular weight excluding hydrogens is 399 g/mol. The minimum Gasteiger partial charge on any atom is -0.481 e. The summed E-state index contributed by atoms with van der Waals surface area (Å²) in [5, 5.41) is 8.81. The van der Waals surface area contributed by atoms with Crippen LogP contribution in [0, 0.1) is 11.7 Å². The molecule has 0 aliphatic carbocycles. The number of sulfonamides is 1. The van der Waals surface area contributed by atoms with E-state index in [2.05, 4.69) is 4.72 Å². The van der Waals surface area contributed by atoms with Gasteiger partial charge >= 0.3 is 5.97 Å². The Morgan fingerprint density at radius 3 is 2.48 bits per heavy atom. The molecule has 1 aliphatic heterocycles. The molecule has 1 fully saturated rings. The van der Waals surface area contributed by atoms with E-state index in [-0.39, 0.29) is 34.5 Å². The molecule has 10 heteroatoms. The zero-order chi connectivity index (χ0) is 19.8. The van der Waals surface area contributed by atoms with Crippen LogP contribution in [0.3, 0.4) is 0 Å². The number of halogens is 2. The van der Waals surface area contributed by atoms with E-state index in [0.717, 1.165) is 0 Å². The van der Waals surface area contributed by atoms with E-state index in [4.69, 9.17) is 16.7 Å². The van der Waals surface area contributed by atoms with Gasteiger partial charge in [-0.25, -0.2) is 12.8 Å². The highest BCUT2D eigenvalue weighted by Gasteiger charge is 2.35. The molecule has 7 nitrogen and oxygen atoms in total. The second kappa shape index (κ2) is 7.16. The van der Waals surface area contributed by atoms with Gasteiger partial charge in [-0.1, -0.05) is 17.7 Å². The van der Waals surface area contributed by atoms with Gasteiger partial charge in [0.1, 0.15) is 0 Å². The molecule has 0 unspecified atom stereocenters. The van der Waals surface area contributed by atoms with E-state index in [0.29, 0.717) is 5.69 Å². The summed E-state index contributed by atoms with van der Waals surface area (Å²) >= 11 is 5.64. The van der Waals surface area contributed by atoms with E-state index >= 15 is 0 Å². The summed E-state index contributed by atoms with van der Waals surface area (Å²) in [5.41, 5.74) is 0.0993. The number of rotatable bonds is 5. The van der Waals surface area contributed by atoms with Crippen LogP contribution < -0.4 is 9.62 Å². The predicted octanol–water partition coefficient (Wildman–Crippen LogP) is 2.72. The van der Waals surface area contributed by atoms with Gasteiger partial charge in [0.15, 0.2) is 5.82 Å². The molecule has 2 aromatic carbocycles. The Labute approximate surface area is 159 Å². The lowest BCUT2D eigenvalue weighted by atomic mass is 10.1. The zero-order valence-electron chi connectivity index (χ0n) is 13.7. The van der Waals surface area contributed by atoms with Crippen molar-refractivity contribution in [2.75, 3.05) is 16.2 Å². The number of carboxylic acid groups (broad SMARTS) is 1. The van der Waals surface area contributed by atoms with Gasteiger partial charge in [0, 0.05) is 18.7 Å². The normalized spacial score (nSPS) is 17.2. The second-order valence-electron chi connectivity index (χ2n) is 5.94. The van der Waals surface area contributed by atoms with Crippen molar-refractivity contribution in [1.29, 1.82) is 0 Å². The Bertz CT molecular complexity index is 1010. The van der Waals surface area contributed by atoms with Crippen molar-refractivity contribution >= 4 is 44.9 Å². The highest BCUT2D eigenvalue weighted by Crippen LogP contribution is 2.28. The molecule has 0 aromatic heterocycles. The third-order valence-corrected chi connectivity index (χ3v) is 5.80. The fraction of sp³-hybridized carbons (Fsp3) is 0.176. The number of nitrogens with zero attached hydrogens (tertiary/aromatic N) is 1. The van der Waals surface area contributed by atoms with E-state index in [1.54, 1.807) is 0 Å². The lowest BCUT2D eigenvalue weighted by Gasteiger charge is -2.17. The molecular formula is C17H14ClFN2O5S. The first-order chi connectivity index (χ1) is 12.7. The number of benzene rings is 2. The summed E-state index contributed by atoms with van der Waals surface area (Å²) in [5.74, 6) is -3.09. The number of hydrogen-bond donors (Lipinski definition) is 2. The topological polar surface area (TPSA) is 104 Å². The van der Waals surface area contributed by atoms with Gasteiger partial charge in [0.05, 0.1) is 21.5 Å². The maximum atomic E-state index is 13.9. The minimum absolute atomic E-state index is 0.0201. The Hall–Kier alpha value is -2.65. The molecule has 1 atom stereocenters. The molecule has 1 heterocycles. The SMILES string of the molecule is O=C(O)[C@@H]1CC(=O)N(c2ccc(S(=O)(=O)Nc3cccc(Cl)c3F)cc2)C1. The molecule has 2 aromatic rings. The van der Waals surface area contributed by atoms with Gasteiger partial charge < -0.3 is 10.0 Å². The summed E-state index contributed by atoms with van der Waals surface area (Å²) < 4.78 is 40.9. The molecule has 0 radical (unpaired) electrons. The number of amides is 1. The van der Waals surface area contributed by atoms with Gasteiger partial charge in [-0.05, 0) is 36.4 Å². The van der Waals surface area contributed by atoms with Crippen LogP contribution in [0.5, 0.6) is 0 Å². The van der Waals surface area contributed by atoms with Crippen molar-refractivity contribution in [3.05, 3.63) is 53.3 Å². The minimum atomic E-state index is -4.08.